The molecule has 7 nitrogen and oxygen atoms in total. The van der Waals surface area contributed by atoms with Crippen LogP contribution < -0.4 is 5.32 Å². The minimum absolute atomic E-state index is 0.0358. The van der Waals surface area contributed by atoms with E-state index in [1.807, 2.05) is 4.90 Å². The number of hydrogen-bond donors (Lipinski definition) is 2. The molecule has 0 bridgehead atoms. The van der Waals surface area contributed by atoms with Crippen LogP contribution in [0, 0.1) is 11.8 Å². The molecule has 2 amide bonds. The van der Waals surface area contributed by atoms with Crippen molar-refractivity contribution < 1.29 is 19.4 Å². The Morgan fingerprint density at radius 1 is 1.10 bits per heavy atom. The third-order valence-electron chi connectivity index (χ3n) is 6.26. The Balaban J connectivity index is 1.22. The standard InChI is InChI=1S/C22H31N3O4/c26-20-4-2-1-3-19(20)22(28)23-11-18-14-25(21(27)15-29-18)13-17-7-9-24(10-8-17)12-16-5-6-16/h1-4,16-18,26H,5-15H2,(H,23,28)/t18-/m1/s1. The number of morpholine rings is 1. The maximum absolute atomic E-state index is 12.3. The Morgan fingerprint density at radius 2 is 1.83 bits per heavy atom. The maximum Gasteiger partial charge on any atom is 0.255 e. The average Bonchev–Trinajstić information content (AvgIpc) is 3.54. The fourth-order valence-electron chi connectivity index (χ4n) is 4.28. The van der Waals surface area contributed by atoms with E-state index in [1.54, 1.807) is 18.2 Å². The molecule has 0 radical (unpaired) electrons. The minimum atomic E-state index is -0.335. The summed E-state index contributed by atoms with van der Waals surface area (Å²) in [4.78, 5) is 29.1. The van der Waals surface area contributed by atoms with Crippen LogP contribution >= 0.6 is 0 Å². The quantitative estimate of drug-likeness (QED) is 0.723. The lowest BCUT2D eigenvalue weighted by Crippen LogP contribution is -2.52. The van der Waals surface area contributed by atoms with Crippen LogP contribution in [0.15, 0.2) is 24.3 Å². The second-order valence-corrected chi connectivity index (χ2v) is 8.65. The van der Waals surface area contributed by atoms with Crippen molar-refractivity contribution in [3.8, 4) is 5.75 Å². The number of phenols is 1. The number of amides is 2. The summed E-state index contributed by atoms with van der Waals surface area (Å²) in [6.07, 6.45) is 4.85. The molecule has 29 heavy (non-hydrogen) atoms. The van der Waals surface area contributed by atoms with E-state index in [-0.39, 0.29) is 35.8 Å². The van der Waals surface area contributed by atoms with Gasteiger partial charge in [0.1, 0.15) is 12.4 Å². The molecule has 3 aliphatic rings. The molecular formula is C22H31N3O4. The van der Waals surface area contributed by atoms with E-state index < -0.39 is 0 Å². The lowest BCUT2D eigenvalue weighted by atomic mass is 9.95. The number of carbonyl (C=O) groups is 2. The third kappa shape index (κ3) is 5.48. The summed E-state index contributed by atoms with van der Waals surface area (Å²) in [5, 5.41) is 12.6. The number of ether oxygens (including phenoxy) is 1. The van der Waals surface area contributed by atoms with Gasteiger partial charge in [0.15, 0.2) is 0 Å². The lowest BCUT2D eigenvalue weighted by Gasteiger charge is -2.38. The van der Waals surface area contributed by atoms with Gasteiger partial charge >= 0.3 is 0 Å². The molecule has 158 valence electrons. The van der Waals surface area contributed by atoms with Crippen LogP contribution in [0.3, 0.4) is 0 Å². The van der Waals surface area contributed by atoms with Crippen LogP contribution in [0.25, 0.3) is 0 Å². The third-order valence-corrected chi connectivity index (χ3v) is 6.26. The van der Waals surface area contributed by atoms with Crippen molar-refractivity contribution in [3.05, 3.63) is 29.8 Å². The molecule has 2 heterocycles. The van der Waals surface area contributed by atoms with E-state index in [0.717, 1.165) is 38.4 Å². The van der Waals surface area contributed by atoms with Crippen molar-refractivity contribution >= 4 is 11.8 Å². The first-order valence-corrected chi connectivity index (χ1v) is 10.8. The first-order valence-electron chi connectivity index (χ1n) is 10.8. The number of likely N-dealkylation sites (tertiary alicyclic amines) is 1. The highest BCUT2D eigenvalue weighted by Gasteiger charge is 2.31. The van der Waals surface area contributed by atoms with E-state index in [0.29, 0.717) is 19.0 Å². The van der Waals surface area contributed by atoms with E-state index in [1.165, 1.54) is 25.5 Å². The molecule has 0 spiro atoms. The topological polar surface area (TPSA) is 82.1 Å². The van der Waals surface area contributed by atoms with Crippen LogP contribution in [-0.2, 0) is 9.53 Å². The second kappa shape index (κ2) is 9.13. The number of carbonyl (C=O) groups excluding carboxylic acids is 2. The number of rotatable bonds is 7. The molecule has 1 saturated carbocycles. The zero-order valence-corrected chi connectivity index (χ0v) is 16.9. The Hall–Kier alpha value is -2.12. The monoisotopic (exact) mass is 401 g/mol. The summed E-state index contributed by atoms with van der Waals surface area (Å²) in [5.74, 6) is 1.14. The number of nitrogens with zero attached hydrogens (tertiary/aromatic N) is 2. The SMILES string of the molecule is O=C(NC[C@@H]1CN(CC2CCN(CC3CC3)CC2)C(=O)CO1)c1ccccc1O. The lowest BCUT2D eigenvalue weighted by molar-refractivity contribution is -0.149. The van der Waals surface area contributed by atoms with Gasteiger partial charge in [-0.2, -0.15) is 0 Å². The maximum atomic E-state index is 12.3. The van der Waals surface area contributed by atoms with Gasteiger partial charge in [-0.3, -0.25) is 9.59 Å². The van der Waals surface area contributed by atoms with E-state index in [4.69, 9.17) is 4.74 Å². The number of nitrogens with one attached hydrogen (secondary N) is 1. The summed E-state index contributed by atoms with van der Waals surface area (Å²) < 4.78 is 5.62. The fraction of sp³-hybridized carbons (Fsp3) is 0.636. The minimum Gasteiger partial charge on any atom is -0.507 e. The van der Waals surface area contributed by atoms with Gasteiger partial charge in [-0.1, -0.05) is 12.1 Å². The summed E-state index contributed by atoms with van der Waals surface area (Å²) in [6.45, 7) is 5.20. The van der Waals surface area contributed by atoms with Crippen molar-refractivity contribution in [2.24, 2.45) is 11.8 Å². The van der Waals surface area contributed by atoms with E-state index in [9.17, 15) is 14.7 Å². The number of para-hydroxylation sites is 1. The molecule has 1 aromatic rings. The molecule has 0 unspecified atom stereocenters. The van der Waals surface area contributed by atoms with Gasteiger partial charge in [0.25, 0.3) is 5.91 Å². The molecule has 7 heteroatoms. The highest BCUT2D eigenvalue weighted by atomic mass is 16.5. The summed E-state index contributed by atoms with van der Waals surface area (Å²) >= 11 is 0. The summed E-state index contributed by atoms with van der Waals surface area (Å²) in [7, 11) is 0. The number of phenolic OH excluding ortho intramolecular Hbond substituents is 1. The summed E-state index contributed by atoms with van der Waals surface area (Å²) in [5.41, 5.74) is 0.245. The van der Waals surface area contributed by atoms with E-state index in [2.05, 4.69) is 10.2 Å². The molecule has 3 fully saturated rings. The van der Waals surface area contributed by atoms with Crippen LogP contribution in [0.5, 0.6) is 5.75 Å². The first-order chi connectivity index (χ1) is 14.1. The average molecular weight is 402 g/mol. The van der Waals surface area contributed by atoms with Crippen LogP contribution in [0.2, 0.25) is 0 Å². The molecule has 1 aliphatic carbocycles. The van der Waals surface area contributed by atoms with Crippen LogP contribution in [0.4, 0.5) is 0 Å². The van der Waals surface area contributed by atoms with Gasteiger partial charge < -0.3 is 25.0 Å². The van der Waals surface area contributed by atoms with Gasteiger partial charge in [0.2, 0.25) is 5.91 Å². The predicted molar refractivity (Wildman–Crippen MR) is 109 cm³/mol. The predicted octanol–water partition coefficient (Wildman–Crippen LogP) is 1.47. The highest BCUT2D eigenvalue weighted by molar-refractivity contribution is 5.96. The number of hydrogen-bond acceptors (Lipinski definition) is 5. The first kappa shape index (κ1) is 20.2. The Labute approximate surface area is 172 Å². The van der Waals surface area contributed by atoms with Crippen LogP contribution in [0.1, 0.15) is 36.0 Å². The number of aromatic hydroxyl groups is 1. The van der Waals surface area contributed by atoms with Crippen LogP contribution in [-0.4, -0.2) is 78.7 Å². The molecule has 2 aliphatic heterocycles. The van der Waals surface area contributed by atoms with Crippen molar-refractivity contribution in [1.82, 2.24) is 15.1 Å². The fourth-order valence-corrected chi connectivity index (χ4v) is 4.28. The van der Waals surface area contributed by atoms with Crippen molar-refractivity contribution in [2.75, 3.05) is 45.9 Å². The Bertz CT molecular complexity index is 729. The van der Waals surface area contributed by atoms with Gasteiger partial charge in [-0.25, -0.2) is 0 Å². The molecule has 1 atom stereocenters. The number of benzene rings is 1. The number of piperidine rings is 1. The Morgan fingerprint density at radius 3 is 2.55 bits per heavy atom. The van der Waals surface area contributed by atoms with Crippen molar-refractivity contribution in [3.63, 3.8) is 0 Å². The van der Waals surface area contributed by atoms with E-state index >= 15 is 0 Å². The molecule has 0 aromatic heterocycles. The smallest absolute Gasteiger partial charge is 0.255 e. The van der Waals surface area contributed by atoms with Gasteiger partial charge in [-0.15, -0.1) is 0 Å². The largest absolute Gasteiger partial charge is 0.507 e. The molecule has 2 N–H and O–H groups in total. The zero-order valence-electron chi connectivity index (χ0n) is 16.9. The van der Waals surface area contributed by atoms with Crippen molar-refractivity contribution in [1.29, 1.82) is 0 Å². The molecule has 2 saturated heterocycles. The van der Waals surface area contributed by atoms with Gasteiger partial charge in [0, 0.05) is 26.2 Å². The van der Waals surface area contributed by atoms with Gasteiger partial charge in [0.05, 0.1) is 11.7 Å². The molecule has 4 rings (SSSR count). The Kier molecular flexibility index (Phi) is 6.35. The second-order valence-electron chi connectivity index (χ2n) is 8.65. The highest BCUT2D eigenvalue weighted by Crippen LogP contribution is 2.31. The molecule has 1 aromatic carbocycles. The van der Waals surface area contributed by atoms with Crippen molar-refractivity contribution in [2.45, 2.75) is 31.8 Å². The zero-order chi connectivity index (χ0) is 20.2. The summed E-state index contributed by atoms with van der Waals surface area (Å²) in [6, 6.07) is 6.46. The molecular weight excluding hydrogens is 370 g/mol. The van der Waals surface area contributed by atoms with Gasteiger partial charge in [-0.05, 0) is 62.7 Å². The normalized spacial score (nSPS) is 23.9.